The standard InChI is InChI=1S/C16H16N2O4S2/c1-9-5-3-4-6-11(9)7-12-14(20)18(16(23)24-12)8-13(19)17-10(2)15(21)22/h3-7,10H,8H2,1-2H3,(H,17,19)(H,21,22)/b12-7-. The van der Waals surface area contributed by atoms with Gasteiger partial charge >= 0.3 is 5.97 Å². The average Bonchev–Trinajstić information content (AvgIpc) is 2.77. The first kappa shape index (κ1) is 18.2. The van der Waals surface area contributed by atoms with E-state index < -0.39 is 17.9 Å². The molecule has 2 rings (SSSR count). The van der Waals surface area contributed by atoms with Gasteiger partial charge in [-0.3, -0.25) is 19.3 Å². The van der Waals surface area contributed by atoms with Crippen LogP contribution < -0.4 is 5.32 Å². The number of nitrogens with one attached hydrogen (secondary N) is 1. The number of aliphatic carboxylic acids is 1. The zero-order valence-electron chi connectivity index (χ0n) is 13.1. The number of carboxylic acids is 1. The van der Waals surface area contributed by atoms with Crippen molar-refractivity contribution in [3.8, 4) is 0 Å². The Morgan fingerprint density at radius 2 is 2.08 bits per heavy atom. The van der Waals surface area contributed by atoms with Crippen molar-refractivity contribution in [2.24, 2.45) is 0 Å². The molecule has 1 fully saturated rings. The van der Waals surface area contributed by atoms with Crippen molar-refractivity contribution in [1.29, 1.82) is 0 Å². The van der Waals surface area contributed by atoms with E-state index in [0.29, 0.717) is 4.91 Å². The minimum atomic E-state index is -1.15. The summed E-state index contributed by atoms with van der Waals surface area (Å²) in [4.78, 5) is 36.7. The zero-order valence-corrected chi connectivity index (χ0v) is 14.7. The van der Waals surface area contributed by atoms with Gasteiger partial charge in [0.25, 0.3) is 5.91 Å². The highest BCUT2D eigenvalue weighted by molar-refractivity contribution is 8.26. The number of amides is 2. The van der Waals surface area contributed by atoms with Gasteiger partial charge < -0.3 is 10.4 Å². The molecule has 126 valence electrons. The molecule has 2 amide bonds. The maximum atomic E-state index is 12.4. The van der Waals surface area contributed by atoms with Crippen LogP contribution in [0.25, 0.3) is 6.08 Å². The number of hydrogen-bond donors (Lipinski definition) is 2. The Bertz CT molecular complexity index is 745. The molecule has 1 aromatic rings. The minimum absolute atomic E-state index is 0.276. The summed E-state index contributed by atoms with van der Waals surface area (Å²) < 4.78 is 0.276. The van der Waals surface area contributed by atoms with E-state index in [9.17, 15) is 14.4 Å². The summed E-state index contributed by atoms with van der Waals surface area (Å²) in [7, 11) is 0. The number of hydrogen-bond acceptors (Lipinski definition) is 5. The van der Waals surface area contributed by atoms with Crippen LogP contribution in [0.2, 0.25) is 0 Å². The van der Waals surface area contributed by atoms with E-state index in [2.05, 4.69) is 5.32 Å². The topological polar surface area (TPSA) is 86.7 Å². The average molecular weight is 364 g/mol. The molecule has 0 aliphatic carbocycles. The van der Waals surface area contributed by atoms with Crippen LogP contribution in [-0.2, 0) is 14.4 Å². The molecule has 1 aliphatic rings. The van der Waals surface area contributed by atoms with Crippen molar-refractivity contribution in [2.45, 2.75) is 19.9 Å². The second-order valence-electron chi connectivity index (χ2n) is 5.25. The SMILES string of the molecule is Cc1ccccc1/C=C1\SC(=S)N(CC(=O)NC(C)C(=O)O)C1=O. The lowest BCUT2D eigenvalue weighted by Crippen LogP contribution is -2.45. The number of aryl methyl sites for hydroxylation is 1. The molecule has 1 aliphatic heterocycles. The molecular weight excluding hydrogens is 348 g/mol. The summed E-state index contributed by atoms with van der Waals surface area (Å²) in [6, 6.07) is 6.58. The Kier molecular flexibility index (Phi) is 5.74. The Hall–Kier alpha value is -2.19. The molecule has 6 nitrogen and oxygen atoms in total. The highest BCUT2D eigenvalue weighted by Gasteiger charge is 2.33. The predicted octanol–water partition coefficient (Wildman–Crippen LogP) is 1.79. The van der Waals surface area contributed by atoms with Crippen molar-refractivity contribution in [2.75, 3.05) is 6.54 Å². The largest absolute Gasteiger partial charge is 0.480 e. The van der Waals surface area contributed by atoms with Gasteiger partial charge in [-0.25, -0.2) is 0 Å². The molecule has 0 saturated carbocycles. The van der Waals surface area contributed by atoms with Crippen molar-refractivity contribution < 1.29 is 19.5 Å². The fraction of sp³-hybridized carbons (Fsp3) is 0.250. The number of nitrogens with zero attached hydrogens (tertiary/aromatic N) is 1. The van der Waals surface area contributed by atoms with Crippen LogP contribution in [0.4, 0.5) is 0 Å². The predicted molar refractivity (Wildman–Crippen MR) is 96.3 cm³/mol. The van der Waals surface area contributed by atoms with Gasteiger partial charge in [-0.15, -0.1) is 0 Å². The highest BCUT2D eigenvalue weighted by atomic mass is 32.2. The summed E-state index contributed by atoms with van der Waals surface area (Å²) in [5.74, 6) is -2.07. The molecule has 0 aromatic heterocycles. The number of thiocarbonyl (C=S) groups is 1. The van der Waals surface area contributed by atoms with Gasteiger partial charge in [0.05, 0.1) is 4.91 Å². The molecule has 0 radical (unpaired) electrons. The maximum absolute atomic E-state index is 12.4. The third kappa shape index (κ3) is 4.21. The normalized spacial score (nSPS) is 17.2. The summed E-state index contributed by atoms with van der Waals surface area (Å²) in [6.07, 6.45) is 1.74. The monoisotopic (exact) mass is 364 g/mol. The molecule has 0 bridgehead atoms. The van der Waals surface area contributed by atoms with Gasteiger partial charge in [0.15, 0.2) is 0 Å². The second kappa shape index (κ2) is 7.59. The number of benzene rings is 1. The number of carboxylic acid groups (broad SMARTS) is 1. The Balaban J connectivity index is 2.10. The lowest BCUT2D eigenvalue weighted by Gasteiger charge is -2.15. The number of carbonyl (C=O) groups excluding carboxylic acids is 2. The van der Waals surface area contributed by atoms with E-state index in [1.54, 1.807) is 6.08 Å². The van der Waals surface area contributed by atoms with Crippen LogP contribution in [-0.4, -0.2) is 44.7 Å². The van der Waals surface area contributed by atoms with Crippen molar-refractivity contribution in [1.82, 2.24) is 10.2 Å². The maximum Gasteiger partial charge on any atom is 0.325 e. The molecular formula is C16H16N2O4S2. The van der Waals surface area contributed by atoms with Crippen molar-refractivity contribution in [3.05, 3.63) is 40.3 Å². The van der Waals surface area contributed by atoms with Crippen molar-refractivity contribution >= 4 is 52.2 Å². The molecule has 1 aromatic carbocycles. The minimum Gasteiger partial charge on any atom is -0.480 e. The summed E-state index contributed by atoms with van der Waals surface area (Å²) in [6.45, 7) is 2.99. The first-order chi connectivity index (χ1) is 11.3. The summed E-state index contributed by atoms with van der Waals surface area (Å²) in [5.41, 5.74) is 1.93. The van der Waals surface area contributed by atoms with Crippen LogP contribution in [0, 0.1) is 6.92 Å². The molecule has 1 unspecified atom stereocenters. The van der Waals surface area contributed by atoms with Crippen LogP contribution in [0.3, 0.4) is 0 Å². The van der Waals surface area contributed by atoms with Crippen LogP contribution in [0.1, 0.15) is 18.1 Å². The van der Waals surface area contributed by atoms with E-state index in [1.165, 1.54) is 11.8 Å². The van der Waals surface area contributed by atoms with E-state index in [0.717, 1.165) is 22.9 Å². The first-order valence-corrected chi connectivity index (χ1v) is 8.35. The van der Waals surface area contributed by atoms with E-state index in [-0.39, 0.29) is 16.8 Å². The molecule has 2 N–H and O–H groups in total. The van der Waals surface area contributed by atoms with E-state index >= 15 is 0 Å². The lowest BCUT2D eigenvalue weighted by molar-refractivity contribution is -0.141. The third-order valence-electron chi connectivity index (χ3n) is 3.40. The van der Waals surface area contributed by atoms with Gasteiger partial charge in [0, 0.05) is 0 Å². The summed E-state index contributed by atoms with van der Waals surface area (Å²) in [5, 5.41) is 11.1. The van der Waals surface area contributed by atoms with E-state index in [1.807, 2.05) is 31.2 Å². The van der Waals surface area contributed by atoms with Crippen LogP contribution in [0.15, 0.2) is 29.2 Å². The molecule has 8 heteroatoms. The number of thioether (sulfide) groups is 1. The third-order valence-corrected chi connectivity index (χ3v) is 4.78. The lowest BCUT2D eigenvalue weighted by atomic mass is 10.1. The molecule has 24 heavy (non-hydrogen) atoms. The van der Waals surface area contributed by atoms with Gasteiger partial charge in [-0.05, 0) is 31.1 Å². The zero-order chi connectivity index (χ0) is 17.9. The quantitative estimate of drug-likeness (QED) is 0.612. The smallest absolute Gasteiger partial charge is 0.325 e. The fourth-order valence-electron chi connectivity index (χ4n) is 2.02. The Morgan fingerprint density at radius 1 is 1.42 bits per heavy atom. The number of rotatable bonds is 5. The molecule has 1 heterocycles. The van der Waals surface area contributed by atoms with Crippen molar-refractivity contribution in [3.63, 3.8) is 0 Å². The second-order valence-corrected chi connectivity index (χ2v) is 6.93. The van der Waals surface area contributed by atoms with Crippen LogP contribution >= 0.6 is 24.0 Å². The first-order valence-electron chi connectivity index (χ1n) is 7.12. The summed E-state index contributed by atoms with van der Waals surface area (Å²) >= 11 is 6.28. The number of carbonyl (C=O) groups is 3. The molecule has 1 atom stereocenters. The molecule has 1 saturated heterocycles. The highest BCUT2D eigenvalue weighted by Crippen LogP contribution is 2.32. The van der Waals surface area contributed by atoms with Gasteiger partial charge in [0.2, 0.25) is 5.91 Å². The van der Waals surface area contributed by atoms with Gasteiger partial charge in [-0.2, -0.15) is 0 Å². The van der Waals surface area contributed by atoms with Crippen LogP contribution in [0.5, 0.6) is 0 Å². The van der Waals surface area contributed by atoms with Gasteiger partial charge in [-0.1, -0.05) is 48.2 Å². The Morgan fingerprint density at radius 3 is 2.71 bits per heavy atom. The molecule has 0 spiro atoms. The van der Waals surface area contributed by atoms with E-state index in [4.69, 9.17) is 17.3 Å². The fourth-order valence-corrected chi connectivity index (χ4v) is 3.26. The van der Waals surface area contributed by atoms with Gasteiger partial charge in [0.1, 0.15) is 16.9 Å². The Labute approximate surface area is 148 Å².